The van der Waals surface area contributed by atoms with Crippen molar-refractivity contribution < 1.29 is 4.52 Å². The van der Waals surface area contributed by atoms with E-state index in [1.807, 2.05) is 6.07 Å². The maximum absolute atomic E-state index is 5.50. The van der Waals surface area contributed by atoms with Crippen LogP contribution in [0.2, 0.25) is 0 Å². The Balaban J connectivity index is 1.70. The summed E-state index contributed by atoms with van der Waals surface area (Å²) >= 11 is 1.72. The average molecular weight is 285 g/mol. The van der Waals surface area contributed by atoms with E-state index in [0.29, 0.717) is 11.8 Å². The third kappa shape index (κ3) is 2.03. The molecule has 0 aliphatic carbocycles. The van der Waals surface area contributed by atoms with Crippen LogP contribution in [0, 0.1) is 0 Å². The Hall–Kier alpha value is -1.72. The van der Waals surface area contributed by atoms with E-state index in [0.717, 1.165) is 37.3 Å². The Morgan fingerprint density at radius 1 is 1.20 bits per heavy atom. The van der Waals surface area contributed by atoms with Crippen molar-refractivity contribution in [3.8, 4) is 11.5 Å². The lowest BCUT2D eigenvalue weighted by molar-refractivity contribution is 0.392. The van der Waals surface area contributed by atoms with Crippen LogP contribution in [0.25, 0.3) is 21.5 Å². The lowest BCUT2D eigenvalue weighted by atomic mass is 9.98. The number of benzene rings is 1. The largest absolute Gasteiger partial charge is 0.334 e. The van der Waals surface area contributed by atoms with Gasteiger partial charge in [0, 0.05) is 21.4 Å². The molecule has 1 N–H and O–H groups in total. The van der Waals surface area contributed by atoms with Gasteiger partial charge in [0.25, 0.3) is 5.89 Å². The molecule has 0 atom stereocenters. The molecule has 0 saturated carbocycles. The third-order valence-corrected chi connectivity index (χ3v) is 4.82. The van der Waals surface area contributed by atoms with Crippen molar-refractivity contribution >= 4 is 21.4 Å². The number of fused-ring (bicyclic) bond motifs is 1. The summed E-state index contributed by atoms with van der Waals surface area (Å²) in [5.74, 6) is 1.94. The van der Waals surface area contributed by atoms with E-state index in [1.165, 1.54) is 10.1 Å². The van der Waals surface area contributed by atoms with Crippen LogP contribution in [0.3, 0.4) is 0 Å². The molecule has 3 aromatic rings. The summed E-state index contributed by atoms with van der Waals surface area (Å²) in [4.78, 5) is 4.63. The molecule has 0 spiro atoms. The number of nitrogens with zero attached hydrogens (tertiary/aromatic N) is 2. The second-order valence-corrected chi connectivity index (χ2v) is 6.04. The number of nitrogens with one attached hydrogen (secondary N) is 1. The molecule has 4 nitrogen and oxygen atoms in total. The van der Waals surface area contributed by atoms with Gasteiger partial charge >= 0.3 is 0 Å². The second-order valence-electron chi connectivity index (χ2n) is 5.13. The molecule has 1 saturated heterocycles. The molecule has 5 heteroatoms. The minimum atomic E-state index is 0.429. The molecule has 102 valence electrons. The Labute approximate surface area is 120 Å². The van der Waals surface area contributed by atoms with Crippen LogP contribution in [-0.4, -0.2) is 23.2 Å². The highest BCUT2D eigenvalue weighted by atomic mass is 32.1. The lowest BCUT2D eigenvalue weighted by Gasteiger charge is -2.18. The van der Waals surface area contributed by atoms with E-state index in [4.69, 9.17) is 4.52 Å². The van der Waals surface area contributed by atoms with Gasteiger partial charge in [-0.15, -0.1) is 11.3 Å². The van der Waals surface area contributed by atoms with Gasteiger partial charge in [-0.1, -0.05) is 23.4 Å². The summed E-state index contributed by atoms with van der Waals surface area (Å²) in [6.45, 7) is 2.08. The minimum absolute atomic E-state index is 0.429. The fourth-order valence-electron chi connectivity index (χ4n) is 2.73. The van der Waals surface area contributed by atoms with Gasteiger partial charge in [-0.05, 0) is 32.0 Å². The van der Waals surface area contributed by atoms with Crippen LogP contribution in [0.15, 0.2) is 34.2 Å². The highest BCUT2D eigenvalue weighted by molar-refractivity contribution is 7.17. The fourth-order valence-corrected chi connectivity index (χ4v) is 3.67. The number of aromatic nitrogens is 2. The zero-order valence-electron chi connectivity index (χ0n) is 11.0. The Morgan fingerprint density at radius 2 is 2.05 bits per heavy atom. The van der Waals surface area contributed by atoms with Crippen LogP contribution in [-0.2, 0) is 0 Å². The number of hydrogen-bond acceptors (Lipinski definition) is 5. The molecular weight excluding hydrogens is 270 g/mol. The van der Waals surface area contributed by atoms with Crippen LogP contribution in [0.4, 0.5) is 0 Å². The van der Waals surface area contributed by atoms with Crippen molar-refractivity contribution in [3.63, 3.8) is 0 Å². The molecule has 3 heterocycles. The smallest absolute Gasteiger partial charge is 0.259 e. The standard InChI is InChI=1S/C15H15N3OS/c1-2-4-13-11(3-1)12(9-20-13)15-17-14(18-19-15)10-5-7-16-8-6-10/h1-4,9-10,16H,5-8H2. The zero-order valence-corrected chi connectivity index (χ0v) is 11.8. The van der Waals surface area contributed by atoms with Crippen molar-refractivity contribution in [2.45, 2.75) is 18.8 Å². The lowest BCUT2D eigenvalue weighted by Crippen LogP contribution is -2.27. The molecule has 0 radical (unpaired) electrons. The van der Waals surface area contributed by atoms with Gasteiger partial charge < -0.3 is 9.84 Å². The van der Waals surface area contributed by atoms with Crippen LogP contribution < -0.4 is 5.32 Å². The van der Waals surface area contributed by atoms with Gasteiger partial charge in [0.05, 0.1) is 5.56 Å². The molecular formula is C15H15N3OS. The highest BCUT2D eigenvalue weighted by Crippen LogP contribution is 2.34. The Morgan fingerprint density at radius 3 is 2.95 bits per heavy atom. The van der Waals surface area contributed by atoms with E-state index in [-0.39, 0.29) is 0 Å². The average Bonchev–Trinajstić information content (AvgIpc) is 3.14. The molecule has 4 rings (SSSR count). The summed E-state index contributed by atoms with van der Waals surface area (Å²) in [6.07, 6.45) is 2.17. The van der Waals surface area contributed by atoms with Gasteiger partial charge in [0.2, 0.25) is 0 Å². The maximum atomic E-state index is 5.50. The quantitative estimate of drug-likeness (QED) is 0.784. The second kappa shape index (κ2) is 5.00. The van der Waals surface area contributed by atoms with Crippen molar-refractivity contribution in [2.24, 2.45) is 0 Å². The monoisotopic (exact) mass is 285 g/mol. The summed E-state index contributed by atoms with van der Waals surface area (Å²) in [5.41, 5.74) is 1.05. The number of hydrogen-bond donors (Lipinski definition) is 1. The molecule has 1 fully saturated rings. The summed E-state index contributed by atoms with van der Waals surface area (Å²) in [7, 11) is 0. The maximum Gasteiger partial charge on any atom is 0.259 e. The first kappa shape index (κ1) is 12.1. The topological polar surface area (TPSA) is 51.0 Å². The highest BCUT2D eigenvalue weighted by Gasteiger charge is 2.22. The first-order valence-corrected chi connectivity index (χ1v) is 7.81. The van der Waals surface area contributed by atoms with E-state index >= 15 is 0 Å². The van der Waals surface area contributed by atoms with E-state index in [1.54, 1.807) is 11.3 Å². The number of rotatable bonds is 2. The predicted molar refractivity (Wildman–Crippen MR) is 80.0 cm³/mol. The first-order valence-electron chi connectivity index (χ1n) is 6.93. The van der Waals surface area contributed by atoms with E-state index < -0.39 is 0 Å². The summed E-state index contributed by atoms with van der Waals surface area (Å²) in [5, 5.41) is 10.8. The molecule has 0 amide bonds. The normalized spacial score (nSPS) is 16.8. The summed E-state index contributed by atoms with van der Waals surface area (Å²) in [6, 6.07) is 8.32. The molecule has 1 aliphatic rings. The van der Waals surface area contributed by atoms with Crippen molar-refractivity contribution in [1.82, 2.24) is 15.5 Å². The van der Waals surface area contributed by atoms with Crippen LogP contribution in [0.1, 0.15) is 24.6 Å². The summed E-state index contributed by atoms with van der Waals surface area (Å²) < 4.78 is 6.75. The van der Waals surface area contributed by atoms with Gasteiger partial charge in [-0.2, -0.15) is 4.98 Å². The fraction of sp³-hybridized carbons (Fsp3) is 0.333. The van der Waals surface area contributed by atoms with Gasteiger partial charge in [-0.3, -0.25) is 0 Å². The first-order chi connectivity index (χ1) is 9.92. The van der Waals surface area contributed by atoms with Gasteiger partial charge in [0.1, 0.15) is 0 Å². The molecule has 20 heavy (non-hydrogen) atoms. The van der Waals surface area contributed by atoms with Crippen LogP contribution >= 0.6 is 11.3 Å². The van der Waals surface area contributed by atoms with E-state index in [2.05, 4.69) is 39.0 Å². The van der Waals surface area contributed by atoms with Gasteiger partial charge in [-0.25, -0.2) is 0 Å². The van der Waals surface area contributed by atoms with E-state index in [9.17, 15) is 0 Å². The zero-order chi connectivity index (χ0) is 13.4. The Bertz CT molecular complexity index is 727. The molecule has 0 bridgehead atoms. The SMILES string of the molecule is c1ccc2c(-c3nc(C4CCNCC4)no3)csc2c1. The Kier molecular flexibility index (Phi) is 3.01. The van der Waals surface area contributed by atoms with Crippen molar-refractivity contribution in [2.75, 3.05) is 13.1 Å². The van der Waals surface area contributed by atoms with Crippen molar-refractivity contribution in [3.05, 3.63) is 35.5 Å². The molecule has 0 unspecified atom stereocenters. The van der Waals surface area contributed by atoms with Crippen molar-refractivity contribution in [1.29, 1.82) is 0 Å². The molecule has 1 aliphatic heterocycles. The minimum Gasteiger partial charge on any atom is -0.334 e. The molecule has 1 aromatic carbocycles. The number of piperidine rings is 1. The predicted octanol–water partition coefficient (Wildman–Crippen LogP) is 3.42. The third-order valence-electron chi connectivity index (χ3n) is 3.86. The van der Waals surface area contributed by atoms with Gasteiger partial charge in [0.15, 0.2) is 5.82 Å². The number of thiophene rings is 1. The molecule has 2 aromatic heterocycles. The van der Waals surface area contributed by atoms with Crippen LogP contribution in [0.5, 0.6) is 0 Å².